The minimum Gasteiger partial charge on any atom is -0.444 e. The number of ether oxygens (including phenoxy) is 1. The quantitative estimate of drug-likeness (QED) is 0.775. The Morgan fingerprint density at radius 3 is 2.45 bits per heavy atom. The summed E-state index contributed by atoms with van der Waals surface area (Å²) in [7, 11) is 0. The first-order chi connectivity index (χ1) is 13.7. The van der Waals surface area contributed by atoms with Crippen molar-refractivity contribution >= 4 is 12.0 Å². The van der Waals surface area contributed by atoms with Crippen LogP contribution in [0.15, 0.2) is 30.6 Å². The van der Waals surface area contributed by atoms with Crippen molar-refractivity contribution in [2.24, 2.45) is 0 Å². The van der Waals surface area contributed by atoms with Crippen molar-refractivity contribution in [3.05, 3.63) is 41.7 Å². The van der Waals surface area contributed by atoms with E-state index in [9.17, 15) is 9.59 Å². The second kappa shape index (κ2) is 8.23. The predicted octanol–water partition coefficient (Wildman–Crippen LogP) is 3.05. The van der Waals surface area contributed by atoms with Crippen molar-refractivity contribution in [2.75, 3.05) is 19.6 Å². The summed E-state index contributed by atoms with van der Waals surface area (Å²) in [4.78, 5) is 30.9. The predicted molar refractivity (Wildman–Crippen MR) is 109 cm³/mol. The van der Waals surface area contributed by atoms with Gasteiger partial charge >= 0.3 is 6.09 Å². The molecule has 1 aromatic heterocycles. The molecule has 8 heteroatoms. The summed E-state index contributed by atoms with van der Waals surface area (Å²) >= 11 is 0. The maximum absolute atomic E-state index is 13.5. The van der Waals surface area contributed by atoms with Gasteiger partial charge in [0.25, 0.3) is 5.91 Å². The topological polar surface area (TPSA) is 80.6 Å². The molecule has 0 bridgehead atoms. The number of nitrogens with zero attached hydrogens (tertiary/aromatic N) is 5. The molecule has 0 aliphatic carbocycles. The van der Waals surface area contributed by atoms with Crippen LogP contribution in [-0.2, 0) is 4.74 Å². The number of aryl methyl sites for hydroxylation is 1. The second-order valence-corrected chi connectivity index (χ2v) is 8.44. The Kier molecular flexibility index (Phi) is 5.91. The number of benzene rings is 1. The third-order valence-electron chi connectivity index (χ3n) is 4.89. The molecule has 2 amide bonds. The van der Waals surface area contributed by atoms with Crippen LogP contribution in [0.5, 0.6) is 0 Å². The van der Waals surface area contributed by atoms with Gasteiger partial charge in [0.05, 0.1) is 23.6 Å². The van der Waals surface area contributed by atoms with Gasteiger partial charge in [-0.2, -0.15) is 15.0 Å². The molecule has 3 rings (SSSR count). The normalized spacial score (nSPS) is 17.8. The summed E-state index contributed by atoms with van der Waals surface area (Å²) in [5.41, 5.74) is 1.64. The molecule has 1 saturated heterocycles. The molecule has 0 N–H and O–H groups in total. The van der Waals surface area contributed by atoms with Crippen LogP contribution < -0.4 is 0 Å². The average Bonchev–Trinajstić information content (AvgIpc) is 3.09. The maximum atomic E-state index is 13.5. The zero-order valence-electron chi connectivity index (χ0n) is 17.8. The highest BCUT2D eigenvalue weighted by Gasteiger charge is 2.31. The average molecular weight is 399 g/mol. The molecule has 8 nitrogen and oxygen atoms in total. The highest BCUT2D eigenvalue weighted by atomic mass is 16.6. The lowest BCUT2D eigenvalue weighted by Crippen LogP contribution is -2.41. The highest BCUT2D eigenvalue weighted by molar-refractivity contribution is 5.98. The molecule has 1 unspecified atom stereocenters. The minimum atomic E-state index is -0.544. The monoisotopic (exact) mass is 399 g/mol. The fourth-order valence-corrected chi connectivity index (χ4v) is 3.36. The third kappa shape index (κ3) is 4.93. The van der Waals surface area contributed by atoms with Crippen LogP contribution in [0.25, 0.3) is 5.69 Å². The van der Waals surface area contributed by atoms with E-state index < -0.39 is 5.60 Å². The van der Waals surface area contributed by atoms with E-state index >= 15 is 0 Å². The van der Waals surface area contributed by atoms with Crippen LogP contribution >= 0.6 is 0 Å². The van der Waals surface area contributed by atoms with Crippen molar-refractivity contribution in [3.8, 4) is 5.69 Å². The van der Waals surface area contributed by atoms with Crippen LogP contribution in [0.2, 0.25) is 0 Å². The van der Waals surface area contributed by atoms with Crippen molar-refractivity contribution in [3.63, 3.8) is 0 Å². The number of hydrogen-bond donors (Lipinski definition) is 0. The Balaban J connectivity index is 1.81. The number of carbonyl (C=O) groups is 2. The SMILES string of the molecule is Cc1ccc(-n2nccn2)c(C(=O)N2CCN(C(=O)OC(C)(C)C)CCC2C)c1. The number of amides is 2. The van der Waals surface area contributed by atoms with E-state index in [0.29, 0.717) is 37.3 Å². The van der Waals surface area contributed by atoms with Crippen LogP contribution in [-0.4, -0.2) is 68.1 Å². The molecule has 0 spiro atoms. The molecule has 1 aliphatic heterocycles. The first kappa shape index (κ1) is 20.8. The van der Waals surface area contributed by atoms with E-state index in [2.05, 4.69) is 10.2 Å². The standard InChI is InChI=1S/C21H29N5O3/c1-15-6-7-18(26-22-9-10-23-26)17(14-15)19(27)25-13-12-24(11-8-16(25)2)20(28)29-21(3,4)5/h6-7,9-10,14,16H,8,11-13H2,1-5H3. The Morgan fingerprint density at radius 1 is 1.10 bits per heavy atom. The van der Waals surface area contributed by atoms with Gasteiger partial charge in [0.15, 0.2) is 0 Å². The van der Waals surface area contributed by atoms with Crippen LogP contribution in [0, 0.1) is 6.92 Å². The first-order valence-electron chi connectivity index (χ1n) is 9.92. The van der Waals surface area contributed by atoms with E-state index in [1.807, 2.05) is 57.7 Å². The van der Waals surface area contributed by atoms with E-state index in [-0.39, 0.29) is 18.0 Å². The van der Waals surface area contributed by atoms with Gasteiger partial charge in [0.2, 0.25) is 0 Å². The van der Waals surface area contributed by atoms with E-state index in [1.165, 1.54) is 4.80 Å². The fraction of sp³-hybridized carbons (Fsp3) is 0.524. The van der Waals surface area contributed by atoms with Crippen LogP contribution in [0.4, 0.5) is 4.79 Å². The van der Waals surface area contributed by atoms with Gasteiger partial charge < -0.3 is 14.5 Å². The van der Waals surface area contributed by atoms with E-state index in [1.54, 1.807) is 17.3 Å². The van der Waals surface area contributed by atoms with Gasteiger partial charge in [-0.05, 0) is 53.2 Å². The molecule has 1 aliphatic rings. The number of rotatable bonds is 2. The zero-order chi connectivity index (χ0) is 21.2. The van der Waals surface area contributed by atoms with Crippen LogP contribution in [0.1, 0.15) is 50.0 Å². The largest absolute Gasteiger partial charge is 0.444 e. The summed E-state index contributed by atoms with van der Waals surface area (Å²) in [5.74, 6) is -0.0838. The van der Waals surface area contributed by atoms with Gasteiger partial charge in [-0.15, -0.1) is 0 Å². The Morgan fingerprint density at radius 2 is 1.79 bits per heavy atom. The minimum absolute atomic E-state index is 0.00567. The summed E-state index contributed by atoms with van der Waals surface area (Å²) in [6.45, 7) is 11.0. The maximum Gasteiger partial charge on any atom is 0.410 e. The Bertz CT molecular complexity index is 873. The van der Waals surface area contributed by atoms with Crippen LogP contribution in [0.3, 0.4) is 0 Å². The van der Waals surface area contributed by atoms with Crippen molar-refractivity contribution in [1.29, 1.82) is 0 Å². The van der Waals surface area contributed by atoms with Gasteiger partial charge in [-0.1, -0.05) is 11.6 Å². The molecule has 29 heavy (non-hydrogen) atoms. The van der Waals surface area contributed by atoms with E-state index in [0.717, 1.165) is 5.56 Å². The van der Waals surface area contributed by atoms with Gasteiger partial charge in [0.1, 0.15) is 5.60 Å². The molecule has 2 heterocycles. The molecule has 1 atom stereocenters. The molecule has 1 aromatic carbocycles. The van der Waals surface area contributed by atoms with Gasteiger partial charge in [-0.3, -0.25) is 4.79 Å². The smallest absolute Gasteiger partial charge is 0.410 e. The lowest BCUT2D eigenvalue weighted by Gasteiger charge is -2.28. The Labute approximate surface area is 171 Å². The summed E-state index contributed by atoms with van der Waals surface area (Å²) in [5, 5.41) is 8.35. The van der Waals surface area contributed by atoms with E-state index in [4.69, 9.17) is 4.74 Å². The molecule has 2 aromatic rings. The fourth-order valence-electron chi connectivity index (χ4n) is 3.36. The number of carbonyl (C=O) groups excluding carboxylic acids is 2. The highest BCUT2D eigenvalue weighted by Crippen LogP contribution is 2.21. The number of hydrogen-bond acceptors (Lipinski definition) is 5. The second-order valence-electron chi connectivity index (χ2n) is 8.44. The van der Waals surface area contributed by atoms with Gasteiger partial charge in [-0.25, -0.2) is 4.79 Å². The third-order valence-corrected chi connectivity index (χ3v) is 4.89. The Hall–Kier alpha value is -2.90. The van der Waals surface area contributed by atoms with Crippen molar-refractivity contribution in [2.45, 2.75) is 52.7 Å². The molecular formula is C21H29N5O3. The number of aromatic nitrogens is 3. The lowest BCUT2D eigenvalue weighted by molar-refractivity contribution is 0.0255. The summed E-state index contributed by atoms with van der Waals surface area (Å²) < 4.78 is 5.50. The molecule has 1 fully saturated rings. The molecular weight excluding hydrogens is 370 g/mol. The molecule has 156 valence electrons. The zero-order valence-corrected chi connectivity index (χ0v) is 17.8. The first-order valence-corrected chi connectivity index (χ1v) is 9.92. The summed E-state index contributed by atoms with van der Waals surface area (Å²) in [6, 6.07) is 5.65. The molecule has 0 saturated carbocycles. The summed E-state index contributed by atoms with van der Waals surface area (Å²) in [6.07, 6.45) is 3.52. The van der Waals surface area contributed by atoms with Crippen molar-refractivity contribution in [1.82, 2.24) is 24.8 Å². The lowest BCUT2D eigenvalue weighted by atomic mass is 10.1. The van der Waals surface area contributed by atoms with Gasteiger partial charge in [0, 0.05) is 25.7 Å². The van der Waals surface area contributed by atoms with Crippen molar-refractivity contribution < 1.29 is 14.3 Å². The molecule has 0 radical (unpaired) electrons.